The van der Waals surface area contributed by atoms with E-state index in [-0.39, 0.29) is 34.2 Å². The molecule has 1 unspecified atom stereocenters. The minimum absolute atomic E-state index is 0.184. The summed E-state index contributed by atoms with van der Waals surface area (Å²) in [6, 6.07) is 5.88. The van der Waals surface area contributed by atoms with Gasteiger partial charge in [-0.25, -0.2) is 9.37 Å². The first-order valence-electron chi connectivity index (χ1n) is 6.36. The molecule has 21 heavy (non-hydrogen) atoms. The van der Waals surface area contributed by atoms with Crippen molar-refractivity contribution in [2.24, 2.45) is 0 Å². The molecule has 1 amide bonds. The van der Waals surface area contributed by atoms with E-state index >= 15 is 0 Å². The van der Waals surface area contributed by atoms with Crippen LogP contribution in [0.2, 0.25) is 5.15 Å². The summed E-state index contributed by atoms with van der Waals surface area (Å²) in [6.07, 6.45) is 1.33. The number of carbonyl (C=O) groups is 1. The molecule has 6 heteroatoms. The third kappa shape index (κ3) is 3.49. The van der Waals surface area contributed by atoms with Crippen molar-refractivity contribution in [3.05, 3.63) is 58.1 Å². The number of hydrogen-bond donors (Lipinski definition) is 2. The Balaban J connectivity index is 2.18. The molecule has 0 fully saturated rings. The van der Waals surface area contributed by atoms with Gasteiger partial charge in [-0.15, -0.1) is 0 Å². The van der Waals surface area contributed by atoms with E-state index in [1.807, 2.05) is 0 Å². The summed E-state index contributed by atoms with van der Waals surface area (Å²) in [7, 11) is 0. The number of amides is 1. The van der Waals surface area contributed by atoms with Crippen LogP contribution in [0, 0.1) is 12.7 Å². The first-order chi connectivity index (χ1) is 9.88. The molecule has 0 spiro atoms. The second-order valence-electron chi connectivity index (χ2n) is 4.80. The fraction of sp³-hybridized carbons (Fsp3) is 0.200. The zero-order valence-corrected chi connectivity index (χ0v) is 12.4. The van der Waals surface area contributed by atoms with Crippen molar-refractivity contribution in [2.75, 3.05) is 5.73 Å². The van der Waals surface area contributed by atoms with Crippen LogP contribution < -0.4 is 11.1 Å². The molecule has 0 saturated carbocycles. The van der Waals surface area contributed by atoms with Gasteiger partial charge in [0, 0.05) is 0 Å². The number of nitrogens with zero attached hydrogens (tertiary/aromatic N) is 1. The van der Waals surface area contributed by atoms with Gasteiger partial charge in [-0.05, 0) is 37.1 Å². The first kappa shape index (κ1) is 15.3. The number of anilines is 1. The molecule has 110 valence electrons. The molecule has 0 aliphatic rings. The van der Waals surface area contributed by atoms with Gasteiger partial charge in [0.25, 0.3) is 5.91 Å². The number of benzene rings is 1. The number of pyridine rings is 1. The van der Waals surface area contributed by atoms with Crippen LogP contribution in [0.25, 0.3) is 0 Å². The van der Waals surface area contributed by atoms with Gasteiger partial charge in [0.05, 0.1) is 23.5 Å². The first-order valence-corrected chi connectivity index (χ1v) is 6.74. The van der Waals surface area contributed by atoms with E-state index in [9.17, 15) is 9.18 Å². The second kappa shape index (κ2) is 6.10. The highest BCUT2D eigenvalue weighted by Gasteiger charge is 2.15. The third-order valence-corrected chi connectivity index (χ3v) is 3.40. The molecule has 0 bridgehead atoms. The number of aromatic nitrogens is 1. The van der Waals surface area contributed by atoms with E-state index in [0.29, 0.717) is 11.1 Å². The van der Waals surface area contributed by atoms with Gasteiger partial charge in [-0.1, -0.05) is 23.7 Å². The summed E-state index contributed by atoms with van der Waals surface area (Å²) >= 11 is 5.76. The van der Waals surface area contributed by atoms with Crippen molar-refractivity contribution in [3.8, 4) is 0 Å². The molecule has 1 aromatic carbocycles. The number of halogens is 2. The summed E-state index contributed by atoms with van der Waals surface area (Å²) in [5, 5.41) is 2.94. The lowest BCUT2D eigenvalue weighted by molar-refractivity contribution is 0.0940. The highest BCUT2D eigenvalue weighted by molar-refractivity contribution is 6.29. The standard InChI is InChI=1S/C15H15ClFN3O/c1-8-3-4-10(5-12(8)17)9(2)20-15(21)11-6-14(16)19-7-13(11)18/h3-7,9H,18H2,1-2H3,(H,20,21). The van der Waals surface area contributed by atoms with Crippen LogP contribution >= 0.6 is 11.6 Å². The molecule has 2 aromatic rings. The van der Waals surface area contributed by atoms with Crippen molar-refractivity contribution < 1.29 is 9.18 Å². The minimum Gasteiger partial charge on any atom is -0.397 e. The maximum absolute atomic E-state index is 13.6. The Hall–Kier alpha value is -2.14. The zero-order valence-electron chi connectivity index (χ0n) is 11.7. The SMILES string of the molecule is Cc1ccc(C(C)NC(=O)c2cc(Cl)ncc2N)cc1F. The lowest BCUT2D eigenvalue weighted by atomic mass is 10.1. The van der Waals surface area contributed by atoms with Gasteiger partial charge < -0.3 is 11.1 Å². The van der Waals surface area contributed by atoms with Crippen molar-refractivity contribution in [3.63, 3.8) is 0 Å². The van der Waals surface area contributed by atoms with Crippen LogP contribution in [-0.2, 0) is 0 Å². The van der Waals surface area contributed by atoms with Crippen LogP contribution in [-0.4, -0.2) is 10.9 Å². The summed E-state index contributed by atoms with van der Waals surface area (Å²) in [4.78, 5) is 16.0. The molecule has 4 nitrogen and oxygen atoms in total. The van der Waals surface area contributed by atoms with E-state index in [2.05, 4.69) is 10.3 Å². The predicted octanol–water partition coefficient (Wildman–Crippen LogP) is 3.26. The van der Waals surface area contributed by atoms with E-state index in [4.69, 9.17) is 17.3 Å². The van der Waals surface area contributed by atoms with E-state index < -0.39 is 0 Å². The van der Waals surface area contributed by atoms with Gasteiger partial charge in [0.15, 0.2) is 0 Å². The van der Waals surface area contributed by atoms with Crippen LogP contribution in [0.3, 0.4) is 0 Å². The molecular formula is C15H15ClFN3O. The second-order valence-corrected chi connectivity index (χ2v) is 5.19. The van der Waals surface area contributed by atoms with Gasteiger partial charge in [-0.2, -0.15) is 0 Å². The molecule has 3 N–H and O–H groups in total. The quantitative estimate of drug-likeness (QED) is 0.855. The number of aryl methyl sites for hydroxylation is 1. The predicted molar refractivity (Wildman–Crippen MR) is 80.7 cm³/mol. The van der Waals surface area contributed by atoms with Crippen molar-refractivity contribution in [1.29, 1.82) is 0 Å². The summed E-state index contributed by atoms with van der Waals surface area (Å²) < 4.78 is 13.6. The Bertz CT molecular complexity index is 691. The van der Waals surface area contributed by atoms with E-state index in [1.54, 1.807) is 26.0 Å². The molecule has 2 rings (SSSR count). The summed E-state index contributed by atoms with van der Waals surface area (Å²) in [6.45, 7) is 3.45. The average molecular weight is 308 g/mol. The Morgan fingerprint density at radius 3 is 2.81 bits per heavy atom. The van der Waals surface area contributed by atoms with Gasteiger partial charge in [-0.3, -0.25) is 4.79 Å². The highest BCUT2D eigenvalue weighted by Crippen LogP contribution is 2.19. The Labute approximate surface area is 127 Å². The Morgan fingerprint density at radius 1 is 1.43 bits per heavy atom. The number of nitrogens with one attached hydrogen (secondary N) is 1. The molecule has 0 aliphatic heterocycles. The largest absolute Gasteiger partial charge is 0.397 e. The maximum Gasteiger partial charge on any atom is 0.254 e. The van der Waals surface area contributed by atoms with Crippen LogP contribution in [0.4, 0.5) is 10.1 Å². The lowest BCUT2D eigenvalue weighted by Crippen LogP contribution is -2.27. The molecule has 0 radical (unpaired) electrons. The molecule has 1 aromatic heterocycles. The van der Waals surface area contributed by atoms with Crippen LogP contribution in [0.15, 0.2) is 30.5 Å². The number of nitrogen functional groups attached to an aromatic ring is 1. The summed E-state index contributed by atoms with van der Waals surface area (Å²) in [5.74, 6) is -0.689. The van der Waals surface area contributed by atoms with Crippen molar-refractivity contribution in [2.45, 2.75) is 19.9 Å². The van der Waals surface area contributed by atoms with Crippen LogP contribution in [0.1, 0.15) is 34.5 Å². The Kier molecular flexibility index (Phi) is 4.43. The van der Waals surface area contributed by atoms with Crippen LogP contribution in [0.5, 0.6) is 0 Å². The molecular weight excluding hydrogens is 293 g/mol. The lowest BCUT2D eigenvalue weighted by Gasteiger charge is -2.15. The van der Waals surface area contributed by atoms with Gasteiger partial charge >= 0.3 is 0 Å². The van der Waals surface area contributed by atoms with Crippen molar-refractivity contribution >= 4 is 23.2 Å². The Morgan fingerprint density at radius 2 is 2.14 bits per heavy atom. The van der Waals surface area contributed by atoms with Gasteiger partial charge in [0.2, 0.25) is 0 Å². The van der Waals surface area contributed by atoms with Gasteiger partial charge in [0.1, 0.15) is 11.0 Å². The highest BCUT2D eigenvalue weighted by atomic mass is 35.5. The molecule has 1 atom stereocenters. The average Bonchev–Trinajstić information content (AvgIpc) is 2.44. The van der Waals surface area contributed by atoms with Crippen molar-refractivity contribution in [1.82, 2.24) is 10.3 Å². The number of rotatable bonds is 3. The maximum atomic E-state index is 13.6. The fourth-order valence-electron chi connectivity index (χ4n) is 1.87. The normalized spacial score (nSPS) is 12.0. The molecule has 1 heterocycles. The molecule has 0 aliphatic carbocycles. The topological polar surface area (TPSA) is 68.0 Å². The summed E-state index contributed by atoms with van der Waals surface area (Å²) in [5.41, 5.74) is 7.42. The number of nitrogens with two attached hydrogens (primary N) is 1. The number of hydrogen-bond acceptors (Lipinski definition) is 3. The number of carbonyl (C=O) groups excluding carboxylic acids is 1. The minimum atomic E-state index is -0.384. The monoisotopic (exact) mass is 307 g/mol. The van der Waals surface area contributed by atoms with E-state index in [0.717, 1.165) is 0 Å². The van der Waals surface area contributed by atoms with E-state index in [1.165, 1.54) is 18.3 Å². The third-order valence-electron chi connectivity index (χ3n) is 3.19. The molecule has 0 saturated heterocycles. The smallest absolute Gasteiger partial charge is 0.254 e. The zero-order chi connectivity index (χ0) is 15.6. The fourth-order valence-corrected chi connectivity index (χ4v) is 2.03.